The summed E-state index contributed by atoms with van der Waals surface area (Å²) in [4.78, 5) is 11.0. The minimum atomic E-state index is -0.888. The highest BCUT2D eigenvalue weighted by Gasteiger charge is 2.22. The van der Waals surface area contributed by atoms with Crippen molar-refractivity contribution < 1.29 is 14.6 Å². The minimum absolute atomic E-state index is 0.371. The molecule has 0 fully saturated rings. The van der Waals surface area contributed by atoms with Crippen LogP contribution in [-0.2, 0) is 11.2 Å². The molecule has 1 N–H and O–H groups in total. The summed E-state index contributed by atoms with van der Waals surface area (Å²) in [6.07, 6.45) is 1.06. The fourth-order valence-electron chi connectivity index (χ4n) is 1.71. The summed E-state index contributed by atoms with van der Waals surface area (Å²) in [7, 11) is 0. The highest BCUT2D eigenvalue weighted by molar-refractivity contribution is 5.88. The van der Waals surface area contributed by atoms with Gasteiger partial charge in [0.25, 0.3) is 0 Å². The van der Waals surface area contributed by atoms with E-state index in [1.54, 1.807) is 0 Å². The van der Waals surface area contributed by atoms with E-state index in [4.69, 9.17) is 9.84 Å². The highest BCUT2D eigenvalue weighted by Crippen LogP contribution is 2.30. The number of aliphatic carboxylic acids is 1. The second kappa shape index (κ2) is 3.77. The summed E-state index contributed by atoms with van der Waals surface area (Å²) >= 11 is 0. The van der Waals surface area contributed by atoms with Gasteiger partial charge in [-0.15, -0.1) is 0 Å². The molecule has 1 aliphatic rings. The van der Waals surface area contributed by atoms with Crippen molar-refractivity contribution in [3.05, 3.63) is 41.2 Å². The first-order valence-electron chi connectivity index (χ1n) is 4.93. The van der Waals surface area contributed by atoms with Crippen LogP contribution in [0.25, 0.3) is 0 Å². The molecule has 0 saturated heterocycles. The molecule has 1 heterocycles. The van der Waals surface area contributed by atoms with E-state index in [1.807, 2.05) is 31.2 Å². The predicted molar refractivity (Wildman–Crippen MR) is 55.7 cm³/mol. The molecule has 0 amide bonds. The van der Waals surface area contributed by atoms with Crippen LogP contribution in [0.1, 0.15) is 18.9 Å². The number of allylic oxidation sites excluding steroid dienone is 1. The van der Waals surface area contributed by atoms with E-state index in [-0.39, 0.29) is 0 Å². The second-order valence-electron chi connectivity index (χ2n) is 3.45. The van der Waals surface area contributed by atoms with Crippen molar-refractivity contribution in [2.24, 2.45) is 0 Å². The molecule has 0 aliphatic carbocycles. The number of carbonyl (C=O) groups is 1. The molecule has 1 aliphatic heterocycles. The van der Waals surface area contributed by atoms with Crippen molar-refractivity contribution >= 4 is 5.97 Å². The van der Waals surface area contributed by atoms with Crippen LogP contribution in [0, 0.1) is 0 Å². The first-order chi connectivity index (χ1) is 7.22. The Morgan fingerprint density at radius 2 is 2.20 bits per heavy atom. The van der Waals surface area contributed by atoms with E-state index >= 15 is 0 Å². The fraction of sp³-hybridized carbons (Fsp3) is 0.250. The van der Waals surface area contributed by atoms with Gasteiger partial charge in [0, 0.05) is 12.8 Å². The zero-order valence-electron chi connectivity index (χ0n) is 8.49. The molecule has 0 spiro atoms. The molecule has 2 rings (SSSR count). The summed E-state index contributed by atoms with van der Waals surface area (Å²) in [6.45, 7) is 1.90. The van der Waals surface area contributed by atoms with E-state index in [1.165, 1.54) is 0 Å². The van der Waals surface area contributed by atoms with Gasteiger partial charge in [-0.2, -0.15) is 0 Å². The maximum atomic E-state index is 11.0. The van der Waals surface area contributed by atoms with E-state index < -0.39 is 5.97 Å². The molecular weight excluding hydrogens is 192 g/mol. The Hall–Kier alpha value is -1.77. The fourth-order valence-corrected chi connectivity index (χ4v) is 1.71. The first kappa shape index (κ1) is 9.77. The van der Waals surface area contributed by atoms with Crippen LogP contribution in [0.5, 0.6) is 5.75 Å². The summed E-state index contributed by atoms with van der Waals surface area (Å²) in [5, 5.41) is 9.03. The van der Waals surface area contributed by atoms with Gasteiger partial charge in [-0.25, -0.2) is 4.79 Å². The maximum absolute atomic E-state index is 11.0. The predicted octanol–water partition coefficient (Wildman–Crippen LogP) is 2.37. The van der Waals surface area contributed by atoms with E-state index in [0.717, 1.165) is 11.3 Å². The van der Waals surface area contributed by atoms with Crippen molar-refractivity contribution in [2.45, 2.75) is 19.8 Å². The number of hydrogen-bond donors (Lipinski definition) is 1. The zero-order valence-corrected chi connectivity index (χ0v) is 8.49. The Labute approximate surface area is 88.0 Å². The lowest BCUT2D eigenvalue weighted by atomic mass is 10.00. The van der Waals surface area contributed by atoms with Crippen LogP contribution in [-0.4, -0.2) is 11.1 Å². The van der Waals surface area contributed by atoms with Gasteiger partial charge < -0.3 is 9.84 Å². The summed E-state index contributed by atoms with van der Waals surface area (Å²) in [5.41, 5.74) is 1.31. The van der Waals surface area contributed by atoms with Crippen LogP contribution >= 0.6 is 0 Å². The Bertz CT molecular complexity index is 432. The average molecular weight is 204 g/mol. The van der Waals surface area contributed by atoms with Crippen LogP contribution < -0.4 is 4.74 Å². The van der Waals surface area contributed by atoms with Crippen molar-refractivity contribution in [1.82, 2.24) is 0 Å². The van der Waals surface area contributed by atoms with Crippen LogP contribution in [0.2, 0.25) is 0 Å². The summed E-state index contributed by atoms with van der Waals surface area (Å²) < 4.78 is 5.55. The molecule has 78 valence electrons. The SMILES string of the molecule is CCC1=C(C(=O)O)Cc2ccccc2O1. The third-order valence-electron chi connectivity index (χ3n) is 2.49. The quantitative estimate of drug-likeness (QED) is 0.804. The van der Waals surface area contributed by atoms with E-state index in [9.17, 15) is 4.79 Å². The average Bonchev–Trinajstić information content (AvgIpc) is 2.27. The molecule has 0 radical (unpaired) electrons. The molecule has 15 heavy (non-hydrogen) atoms. The molecule has 0 aromatic heterocycles. The summed E-state index contributed by atoms with van der Waals surface area (Å²) in [6, 6.07) is 7.53. The lowest BCUT2D eigenvalue weighted by Gasteiger charge is -2.20. The molecular formula is C12H12O3. The van der Waals surface area contributed by atoms with Crippen molar-refractivity contribution in [2.75, 3.05) is 0 Å². The largest absolute Gasteiger partial charge is 0.478 e. The molecule has 0 atom stereocenters. The molecule has 0 bridgehead atoms. The Morgan fingerprint density at radius 3 is 2.87 bits per heavy atom. The monoisotopic (exact) mass is 204 g/mol. The van der Waals surface area contributed by atoms with E-state index in [2.05, 4.69) is 0 Å². The van der Waals surface area contributed by atoms with Gasteiger partial charge in [0.05, 0.1) is 5.57 Å². The third-order valence-corrected chi connectivity index (χ3v) is 2.49. The number of para-hydroxylation sites is 1. The minimum Gasteiger partial charge on any atom is -0.478 e. The molecule has 1 aromatic carbocycles. The topological polar surface area (TPSA) is 46.5 Å². The number of rotatable bonds is 2. The lowest BCUT2D eigenvalue weighted by Crippen LogP contribution is -2.16. The van der Waals surface area contributed by atoms with Gasteiger partial charge >= 0.3 is 5.97 Å². The number of benzene rings is 1. The Kier molecular flexibility index (Phi) is 2.46. The van der Waals surface area contributed by atoms with Gasteiger partial charge in [-0.05, 0) is 11.6 Å². The van der Waals surface area contributed by atoms with Gasteiger partial charge in [0.15, 0.2) is 0 Å². The van der Waals surface area contributed by atoms with Crippen molar-refractivity contribution in [3.8, 4) is 5.75 Å². The molecule has 0 unspecified atom stereocenters. The van der Waals surface area contributed by atoms with Crippen LogP contribution in [0.3, 0.4) is 0 Å². The second-order valence-corrected chi connectivity index (χ2v) is 3.45. The number of hydrogen-bond acceptors (Lipinski definition) is 2. The lowest BCUT2D eigenvalue weighted by molar-refractivity contribution is -0.133. The normalized spacial score (nSPS) is 14.5. The van der Waals surface area contributed by atoms with Crippen molar-refractivity contribution in [3.63, 3.8) is 0 Å². The molecule has 3 heteroatoms. The van der Waals surface area contributed by atoms with Crippen LogP contribution in [0.4, 0.5) is 0 Å². The third kappa shape index (κ3) is 1.73. The number of carboxylic acid groups (broad SMARTS) is 1. The van der Waals surface area contributed by atoms with E-state index in [0.29, 0.717) is 24.2 Å². The maximum Gasteiger partial charge on any atom is 0.335 e. The molecule has 1 aromatic rings. The number of ether oxygens (including phenoxy) is 1. The Morgan fingerprint density at radius 1 is 1.47 bits per heavy atom. The summed E-state index contributed by atoms with van der Waals surface area (Å²) in [5.74, 6) is 0.460. The number of carboxylic acids is 1. The molecule has 0 saturated carbocycles. The van der Waals surface area contributed by atoms with Crippen LogP contribution in [0.15, 0.2) is 35.6 Å². The Balaban J connectivity index is 2.42. The van der Waals surface area contributed by atoms with Gasteiger partial charge in [0.1, 0.15) is 11.5 Å². The van der Waals surface area contributed by atoms with Crippen molar-refractivity contribution in [1.29, 1.82) is 0 Å². The number of fused-ring (bicyclic) bond motifs is 1. The highest BCUT2D eigenvalue weighted by atomic mass is 16.5. The zero-order chi connectivity index (χ0) is 10.8. The standard InChI is InChI=1S/C12H12O3/c1-2-10-9(12(13)14)7-8-5-3-4-6-11(8)15-10/h3-6H,2,7H2,1H3,(H,13,14). The molecule has 3 nitrogen and oxygen atoms in total. The smallest absolute Gasteiger partial charge is 0.335 e. The van der Waals surface area contributed by atoms with Gasteiger partial charge in [0.2, 0.25) is 0 Å². The van der Waals surface area contributed by atoms with Gasteiger partial charge in [-0.3, -0.25) is 0 Å². The van der Waals surface area contributed by atoms with Gasteiger partial charge in [-0.1, -0.05) is 25.1 Å². The first-order valence-corrected chi connectivity index (χ1v) is 4.93.